The number of halogens is 5. The highest BCUT2D eigenvalue weighted by Crippen LogP contribution is 2.35. The topological polar surface area (TPSA) is 20.2 Å². The summed E-state index contributed by atoms with van der Waals surface area (Å²) in [6, 6.07) is 4.18. The molecule has 1 N–H and O–H groups in total. The van der Waals surface area contributed by atoms with Gasteiger partial charge in [0.1, 0.15) is 0 Å². The fourth-order valence-electron chi connectivity index (χ4n) is 1.11. The van der Waals surface area contributed by atoms with Gasteiger partial charge in [-0.3, -0.25) is 0 Å². The Morgan fingerprint density at radius 1 is 1.27 bits per heavy atom. The monoisotopic (exact) mass is 258 g/mol. The van der Waals surface area contributed by atoms with Crippen molar-refractivity contribution < 1.29 is 18.3 Å². The molecule has 0 aliphatic rings. The van der Waals surface area contributed by atoms with E-state index in [0.29, 0.717) is 0 Å². The van der Waals surface area contributed by atoms with Gasteiger partial charge >= 0.3 is 6.18 Å². The summed E-state index contributed by atoms with van der Waals surface area (Å²) in [5.41, 5.74) is -0.0125. The molecule has 0 aliphatic carbocycles. The molecule has 15 heavy (non-hydrogen) atoms. The molecule has 0 heterocycles. The predicted molar refractivity (Wildman–Crippen MR) is 52.1 cm³/mol. The van der Waals surface area contributed by atoms with Crippen LogP contribution in [0.15, 0.2) is 18.2 Å². The minimum absolute atomic E-state index is 0.0125. The van der Waals surface area contributed by atoms with Crippen LogP contribution in [0.2, 0.25) is 10.0 Å². The zero-order chi connectivity index (χ0) is 11.6. The van der Waals surface area contributed by atoms with Gasteiger partial charge in [0.25, 0.3) is 0 Å². The van der Waals surface area contributed by atoms with Crippen LogP contribution in [0.5, 0.6) is 0 Å². The third-order valence-corrected chi connectivity index (χ3v) is 2.60. The molecule has 84 valence electrons. The fraction of sp³-hybridized carbons (Fsp3) is 0.333. The van der Waals surface area contributed by atoms with Gasteiger partial charge in [-0.15, -0.1) is 0 Å². The van der Waals surface area contributed by atoms with E-state index in [2.05, 4.69) is 0 Å². The second kappa shape index (κ2) is 4.60. The van der Waals surface area contributed by atoms with Gasteiger partial charge in [0, 0.05) is 5.56 Å². The average Bonchev–Trinajstić information content (AvgIpc) is 2.06. The van der Waals surface area contributed by atoms with Crippen LogP contribution in [-0.2, 0) is 0 Å². The molecule has 1 aromatic rings. The Hall–Kier alpha value is -0.450. The highest BCUT2D eigenvalue weighted by Gasteiger charge is 2.32. The van der Waals surface area contributed by atoms with Gasteiger partial charge in [-0.25, -0.2) is 0 Å². The second-order valence-corrected chi connectivity index (χ2v) is 3.76. The molecule has 0 saturated carbocycles. The highest BCUT2D eigenvalue weighted by atomic mass is 35.5. The lowest BCUT2D eigenvalue weighted by Crippen LogP contribution is -2.13. The van der Waals surface area contributed by atoms with Gasteiger partial charge in [0.05, 0.1) is 22.6 Å². The lowest BCUT2D eigenvalue weighted by molar-refractivity contribution is -0.154. The fourth-order valence-corrected chi connectivity index (χ4v) is 1.54. The van der Waals surface area contributed by atoms with Crippen molar-refractivity contribution in [2.24, 2.45) is 0 Å². The van der Waals surface area contributed by atoms with Crippen LogP contribution in [0, 0.1) is 0 Å². The van der Waals surface area contributed by atoms with E-state index in [0.717, 1.165) is 0 Å². The van der Waals surface area contributed by atoms with Gasteiger partial charge in [-0.05, 0) is 6.07 Å². The number of benzene rings is 1. The van der Waals surface area contributed by atoms with Gasteiger partial charge in [0.2, 0.25) is 0 Å². The zero-order valence-electron chi connectivity index (χ0n) is 7.35. The molecule has 1 unspecified atom stereocenters. The number of rotatable bonds is 2. The summed E-state index contributed by atoms with van der Waals surface area (Å²) in [4.78, 5) is 0. The molecule has 0 spiro atoms. The van der Waals surface area contributed by atoms with Gasteiger partial charge in [-0.1, -0.05) is 35.3 Å². The van der Waals surface area contributed by atoms with Crippen molar-refractivity contribution >= 4 is 23.2 Å². The second-order valence-electron chi connectivity index (χ2n) is 2.98. The SMILES string of the molecule is OC(CC(F)(F)F)c1cccc(Cl)c1Cl. The maximum Gasteiger partial charge on any atom is 0.391 e. The predicted octanol–water partition coefficient (Wildman–Crippen LogP) is 3.98. The summed E-state index contributed by atoms with van der Waals surface area (Å²) in [6.07, 6.45) is -7.46. The first kappa shape index (κ1) is 12.6. The first-order valence-electron chi connectivity index (χ1n) is 4.00. The molecule has 1 atom stereocenters. The number of aliphatic hydroxyl groups is 1. The van der Waals surface area contributed by atoms with Crippen molar-refractivity contribution in [3.8, 4) is 0 Å². The molecule has 1 rings (SSSR count). The Morgan fingerprint density at radius 3 is 2.40 bits per heavy atom. The average molecular weight is 259 g/mol. The van der Waals surface area contributed by atoms with Crippen LogP contribution in [0.25, 0.3) is 0 Å². The molecule has 0 amide bonds. The van der Waals surface area contributed by atoms with Crippen LogP contribution in [0.4, 0.5) is 13.2 Å². The van der Waals surface area contributed by atoms with Crippen molar-refractivity contribution in [3.63, 3.8) is 0 Å². The number of hydrogen-bond donors (Lipinski definition) is 1. The van der Waals surface area contributed by atoms with Gasteiger partial charge in [0.15, 0.2) is 0 Å². The summed E-state index contributed by atoms with van der Waals surface area (Å²) in [6.45, 7) is 0. The third kappa shape index (κ3) is 3.55. The van der Waals surface area contributed by atoms with E-state index in [4.69, 9.17) is 23.2 Å². The van der Waals surface area contributed by atoms with Crippen molar-refractivity contribution in [2.75, 3.05) is 0 Å². The van der Waals surface area contributed by atoms with E-state index in [-0.39, 0.29) is 15.6 Å². The van der Waals surface area contributed by atoms with Crippen molar-refractivity contribution in [1.82, 2.24) is 0 Å². The summed E-state index contributed by atoms with van der Waals surface area (Å²) < 4.78 is 36.0. The van der Waals surface area contributed by atoms with E-state index < -0.39 is 18.7 Å². The summed E-state index contributed by atoms with van der Waals surface area (Å²) in [7, 11) is 0. The first-order valence-corrected chi connectivity index (χ1v) is 4.75. The number of alkyl halides is 3. The number of hydrogen-bond acceptors (Lipinski definition) is 1. The van der Waals surface area contributed by atoms with Crippen molar-refractivity contribution in [2.45, 2.75) is 18.7 Å². The van der Waals surface area contributed by atoms with Crippen molar-refractivity contribution in [1.29, 1.82) is 0 Å². The van der Waals surface area contributed by atoms with E-state index in [1.165, 1.54) is 18.2 Å². The van der Waals surface area contributed by atoms with E-state index in [1.807, 2.05) is 0 Å². The maximum absolute atomic E-state index is 12.0. The molecular formula is C9H7Cl2F3O. The van der Waals surface area contributed by atoms with Crippen LogP contribution < -0.4 is 0 Å². The minimum Gasteiger partial charge on any atom is -0.388 e. The Morgan fingerprint density at radius 2 is 1.87 bits per heavy atom. The molecule has 0 fully saturated rings. The molecular weight excluding hydrogens is 252 g/mol. The molecule has 0 radical (unpaired) electrons. The van der Waals surface area contributed by atoms with Crippen molar-refractivity contribution in [3.05, 3.63) is 33.8 Å². The smallest absolute Gasteiger partial charge is 0.388 e. The van der Waals surface area contributed by atoms with Gasteiger partial charge in [-0.2, -0.15) is 13.2 Å². The van der Waals surface area contributed by atoms with Crippen LogP contribution in [0.3, 0.4) is 0 Å². The van der Waals surface area contributed by atoms with Crippen LogP contribution >= 0.6 is 23.2 Å². The summed E-state index contributed by atoms with van der Waals surface area (Å²) >= 11 is 11.3. The standard InChI is InChI=1S/C9H7Cl2F3O/c10-6-3-1-2-5(8(6)11)7(15)4-9(12,13)14/h1-3,7,15H,4H2. The molecule has 0 saturated heterocycles. The molecule has 1 aromatic carbocycles. The van der Waals surface area contributed by atoms with E-state index in [9.17, 15) is 18.3 Å². The zero-order valence-corrected chi connectivity index (χ0v) is 8.87. The Bertz CT molecular complexity index is 352. The quantitative estimate of drug-likeness (QED) is 0.851. The lowest BCUT2D eigenvalue weighted by atomic mass is 10.1. The molecule has 1 nitrogen and oxygen atoms in total. The lowest BCUT2D eigenvalue weighted by Gasteiger charge is -2.15. The Balaban J connectivity index is 2.92. The summed E-state index contributed by atoms with van der Waals surface area (Å²) in [5.74, 6) is 0. The third-order valence-electron chi connectivity index (χ3n) is 1.77. The normalized spacial score (nSPS) is 14.0. The first-order chi connectivity index (χ1) is 6.81. The van der Waals surface area contributed by atoms with Gasteiger partial charge < -0.3 is 5.11 Å². The maximum atomic E-state index is 12.0. The number of aliphatic hydroxyl groups excluding tert-OH is 1. The molecule has 0 aromatic heterocycles. The molecule has 6 heteroatoms. The molecule has 0 bridgehead atoms. The largest absolute Gasteiger partial charge is 0.391 e. The minimum atomic E-state index is -4.44. The van der Waals surface area contributed by atoms with Crippen LogP contribution in [-0.4, -0.2) is 11.3 Å². The van der Waals surface area contributed by atoms with E-state index in [1.54, 1.807) is 0 Å². The Labute approximate surface area is 94.4 Å². The van der Waals surface area contributed by atoms with Crippen LogP contribution in [0.1, 0.15) is 18.1 Å². The molecule has 0 aliphatic heterocycles. The Kier molecular flexibility index (Phi) is 3.87. The van der Waals surface area contributed by atoms with E-state index >= 15 is 0 Å². The highest BCUT2D eigenvalue weighted by molar-refractivity contribution is 6.42. The summed E-state index contributed by atoms with van der Waals surface area (Å²) in [5, 5.41) is 9.37.